The summed E-state index contributed by atoms with van der Waals surface area (Å²) >= 11 is 0. The molecule has 4 rings (SSSR count). The molecule has 0 unspecified atom stereocenters. The fourth-order valence-corrected chi connectivity index (χ4v) is 4.15. The molecule has 6 heteroatoms. The molecule has 1 amide bonds. The number of rotatable bonds is 7. The maximum atomic E-state index is 13.7. The Labute approximate surface area is 163 Å². The van der Waals surface area contributed by atoms with Crippen LogP contribution in [-0.2, 0) is 16.1 Å². The van der Waals surface area contributed by atoms with Crippen molar-refractivity contribution in [1.82, 2.24) is 5.32 Å². The van der Waals surface area contributed by atoms with Gasteiger partial charge < -0.3 is 19.5 Å². The summed E-state index contributed by atoms with van der Waals surface area (Å²) in [6, 6.07) is 13.5. The molecule has 2 aliphatic rings. The van der Waals surface area contributed by atoms with Crippen LogP contribution in [0.3, 0.4) is 0 Å². The Bertz CT molecular complexity index is 826. The first-order chi connectivity index (χ1) is 13.7. The smallest absolute Gasteiger partial charge is 0.251 e. The van der Waals surface area contributed by atoms with E-state index in [2.05, 4.69) is 5.32 Å². The highest BCUT2D eigenvalue weighted by atomic mass is 19.1. The third-order valence-electron chi connectivity index (χ3n) is 5.65. The number of carbonyl (C=O) groups is 1. The zero-order valence-corrected chi connectivity index (χ0v) is 15.8. The number of nitrogens with one attached hydrogen (secondary N) is 1. The first-order valence-electron chi connectivity index (χ1n) is 9.55. The van der Waals surface area contributed by atoms with Gasteiger partial charge in [0.1, 0.15) is 18.2 Å². The molecule has 148 valence electrons. The predicted molar refractivity (Wildman–Crippen MR) is 102 cm³/mol. The summed E-state index contributed by atoms with van der Waals surface area (Å²) in [4.78, 5) is 12.6. The summed E-state index contributed by atoms with van der Waals surface area (Å²) in [7, 11) is 1.67. The van der Waals surface area contributed by atoms with Crippen molar-refractivity contribution in [3.8, 4) is 5.75 Å². The van der Waals surface area contributed by atoms with Crippen LogP contribution in [0.15, 0.2) is 48.5 Å². The minimum Gasteiger partial charge on any atom is -0.489 e. The molecule has 1 saturated carbocycles. The number of carbonyl (C=O) groups excluding carboxylic acids is 1. The Morgan fingerprint density at radius 1 is 1.21 bits per heavy atom. The second kappa shape index (κ2) is 8.29. The van der Waals surface area contributed by atoms with Crippen molar-refractivity contribution in [1.29, 1.82) is 0 Å². The third kappa shape index (κ3) is 3.75. The Morgan fingerprint density at radius 3 is 2.75 bits per heavy atom. The molecule has 1 aliphatic carbocycles. The number of ether oxygens (including phenoxy) is 3. The Kier molecular flexibility index (Phi) is 5.59. The number of hydrogen-bond acceptors (Lipinski definition) is 4. The fourth-order valence-electron chi connectivity index (χ4n) is 4.15. The fraction of sp³-hybridized carbons (Fsp3) is 0.409. The maximum absolute atomic E-state index is 13.7. The standard InChI is InChI=1S/C22H24FNO4/c1-26-13-18-20(17-10-11-27-21(17)18)24-22(25)14-6-8-16(9-7-14)28-12-15-4-2-3-5-19(15)23/h2-9,17-18,20-21H,10-13H2,1H3,(H,24,25)/t17-,18-,20-,21-/m0/s1. The van der Waals surface area contributed by atoms with Crippen LogP contribution in [0, 0.1) is 17.7 Å². The monoisotopic (exact) mass is 385 g/mol. The molecule has 28 heavy (non-hydrogen) atoms. The molecule has 0 bridgehead atoms. The number of halogens is 1. The van der Waals surface area contributed by atoms with Gasteiger partial charge in [0.05, 0.1) is 12.7 Å². The largest absolute Gasteiger partial charge is 0.489 e. The molecule has 1 aliphatic heterocycles. The van der Waals surface area contributed by atoms with E-state index < -0.39 is 0 Å². The molecule has 2 aromatic rings. The van der Waals surface area contributed by atoms with E-state index in [1.165, 1.54) is 6.07 Å². The van der Waals surface area contributed by atoms with E-state index in [4.69, 9.17) is 14.2 Å². The van der Waals surface area contributed by atoms with Gasteiger partial charge in [-0.25, -0.2) is 4.39 Å². The minimum atomic E-state index is -0.293. The van der Waals surface area contributed by atoms with Gasteiger partial charge in [0, 0.05) is 42.7 Å². The third-order valence-corrected chi connectivity index (χ3v) is 5.65. The molecule has 0 spiro atoms. The van der Waals surface area contributed by atoms with Gasteiger partial charge in [0.15, 0.2) is 0 Å². The van der Waals surface area contributed by atoms with Crippen molar-refractivity contribution >= 4 is 5.91 Å². The lowest BCUT2D eigenvalue weighted by atomic mass is 9.67. The van der Waals surface area contributed by atoms with Crippen LogP contribution < -0.4 is 10.1 Å². The first kappa shape index (κ1) is 18.9. The summed E-state index contributed by atoms with van der Waals surface area (Å²) in [5, 5.41) is 3.13. The van der Waals surface area contributed by atoms with Crippen LogP contribution in [0.2, 0.25) is 0 Å². The van der Waals surface area contributed by atoms with Gasteiger partial charge in [0.25, 0.3) is 5.91 Å². The van der Waals surface area contributed by atoms with Gasteiger partial charge in [0.2, 0.25) is 0 Å². The summed E-state index contributed by atoms with van der Waals surface area (Å²) in [5.41, 5.74) is 1.06. The molecule has 0 aromatic heterocycles. The van der Waals surface area contributed by atoms with E-state index in [9.17, 15) is 9.18 Å². The van der Waals surface area contributed by atoms with Crippen molar-refractivity contribution in [3.63, 3.8) is 0 Å². The normalized spacial score (nSPS) is 25.6. The molecule has 1 heterocycles. The number of fused-ring (bicyclic) bond motifs is 1. The van der Waals surface area contributed by atoms with E-state index in [1.807, 2.05) is 0 Å². The number of methoxy groups -OCH3 is 1. The zero-order valence-electron chi connectivity index (χ0n) is 15.8. The lowest BCUT2D eigenvalue weighted by Gasteiger charge is -2.47. The Balaban J connectivity index is 1.34. The topological polar surface area (TPSA) is 56.8 Å². The molecule has 1 saturated heterocycles. The molecule has 1 N–H and O–H groups in total. The number of hydrogen-bond donors (Lipinski definition) is 1. The molecule has 2 aromatic carbocycles. The van der Waals surface area contributed by atoms with E-state index in [1.54, 1.807) is 49.6 Å². The molecule has 0 radical (unpaired) electrons. The highest BCUT2D eigenvalue weighted by Gasteiger charge is 2.54. The Morgan fingerprint density at radius 2 is 2.00 bits per heavy atom. The second-order valence-corrected chi connectivity index (χ2v) is 7.31. The Hall–Kier alpha value is -2.44. The van der Waals surface area contributed by atoms with E-state index in [0.29, 0.717) is 29.4 Å². The molecule has 2 fully saturated rings. The first-order valence-corrected chi connectivity index (χ1v) is 9.55. The molecule has 4 atom stereocenters. The molecular weight excluding hydrogens is 361 g/mol. The van der Waals surface area contributed by atoms with Crippen LogP contribution >= 0.6 is 0 Å². The second-order valence-electron chi connectivity index (χ2n) is 7.31. The highest BCUT2D eigenvalue weighted by Crippen LogP contribution is 2.43. The quantitative estimate of drug-likeness (QED) is 0.795. The van der Waals surface area contributed by atoms with E-state index >= 15 is 0 Å². The van der Waals surface area contributed by atoms with Crippen LogP contribution in [0.25, 0.3) is 0 Å². The van der Waals surface area contributed by atoms with Crippen molar-refractivity contribution in [2.45, 2.75) is 25.2 Å². The maximum Gasteiger partial charge on any atom is 0.251 e. The van der Waals surface area contributed by atoms with Gasteiger partial charge in [-0.1, -0.05) is 18.2 Å². The van der Waals surface area contributed by atoms with Crippen molar-refractivity contribution in [2.75, 3.05) is 20.3 Å². The van der Waals surface area contributed by atoms with Crippen molar-refractivity contribution in [3.05, 3.63) is 65.5 Å². The average molecular weight is 385 g/mol. The summed E-state index contributed by atoms with van der Waals surface area (Å²) < 4.78 is 30.3. The van der Waals surface area contributed by atoms with Gasteiger partial charge in [-0.15, -0.1) is 0 Å². The lowest BCUT2D eigenvalue weighted by Crippen LogP contribution is -2.62. The van der Waals surface area contributed by atoms with Crippen LogP contribution in [0.5, 0.6) is 5.75 Å². The van der Waals surface area contributed by atoms with Crippen LogP contribution in [-0.4, -0.2) is 38.4 Å². The van der Waals surface area contributed by atoms with Crippen molar-refractivity contribution in [2.24, 2.45) is 11.8 Å². The number of benzene rings is 2. The van der Waals surface area contributed by atoms with Crippen LogP contribution in [0.4, 0.5) is 4.39 Å². The summed E-state index contributed by atoms with van der Waals surface area (Å²) in [6.07, 6.45) is 1.16. The lowest BCUT2D eigenvalue weighted by molar-refractivity contribution is -0.0809. The SMILES string of the molecule is COC[C@H]1[C@@H](NC(=O)c2ccc(OCc3ccccc3F)cc2)[C@@H]2CCO[C@@H]21. The van der Waals surface area contributed by atoms with E-state index in [0.717, 1.165) is 13.0 Å². The predicted octanol–water partition coefficient (Wildman–Crippen LogP) is 3.18. The van der Waals surface area contributed by atoms with Gasteiger partial charge >= 0.3 is 0 Å². The van der Waals surface area contributed by atoms with Gasteiger partial charge in [-0.3, -0.25) is 4.79 Å². The van der Waals surface area contributed by atoms with Crippen LogP contribution in [0.1, 0.15) is 22.3 Å². The van der Waals surface area contributed by atoms with Gasteiger partial charge in [-0.05, 0) is 36.8 Å². The summed E-state index contributed by atoms with van der Waals surface area (Å²) in [6.45, 7) is 1.47. The number of amides is 1. The molecule has 5 nitrogen and oxygen atoms in total. The zero-order chi connectivity index (χ0) is 19.5. The molecular formula is C22H24FNO4. The minimum absolute atomic E-state index is 0.0805. The van der Waals surface area contributed by atoms with Crippen molar-refractivity contribution < 1.29 is 23.4 Å². The van der Waals surface area contributed by atoms with Gasteiger partial charge in [-0.2, -0.15) is 0 Å². The average Bonchev–Trinajstić information content (AvgIpc) is 3.14. The van der Waals surface area contributed by atoms with E-state index in [-0.39, 0.29) is 36.4 Å². The summed E-state index contributed by atoms with van der Waals surface area (Å²) in [5.74, 6) is 0.748. The highest BCUT2D eigenvalue weighted by molar-refractivity contribution is 5.94.